The smallest absolute Gasteiger partial charge is 0.269 e. The molecule has 2 heterocycles. The van der Waals surface area contributed by atoms with Gasteiger partial charge in [-0.3, -0.25) is 9.48 Å². The highest BCUT2D eigenvalue weighted by atomic mass is 16.5. The Labute approximate surface area is 94.8 Å². The summed E-state index contributed by atoms with van der Waals surface area (Å²) in [4.78, 5) is 11.8. The molecule has 5 nitrogen and oxygen atoms in total. The molecule has 88 valence electrons. The molecule has 0 saturated carbocycles. The molecule has 1 aromatic heterocycles. The number of nitrogens with zero attached hydrogens (tertiary/aromatic N) is 2. The van der Waals surface area contributed by atoms with E-state index in [0.717, 1.165) is 19.4 Å². The first-order valence-electron chi connectivity index (χ1n) is 5.73. The average Bonchev–Trinajstić information content (AvgIpc) is 2.96. The van der Waals surface area contributed by atoms with Crippen molar-refractivity contribution in [3.05, 3.63) is 18.0 Å². The Morgan fingerprint density at radius 3 is 3.31 bits per heavy atom. The van der Waals surface area contributed by atoms with E-state index in [1.54, 1.807) is 16.9 Å². The van der Waals surface area contributed by atoms with Crippen molar-refractivity contribution in [2.75, 3.05) is 13.2 Å². The van der Waals surface area contributed by atoms with Crippen LogP contribution < -0.4 is 5.32 Å². The molecule has 16 heavy (non-hydrogen) atoms. The van der Waals surface area contributed by atoms with E-state index in [2.05, 4.69) is 10.4 Å². The summed E-state index contributed by atoms with van der Waals surface area (Å²) < 4.78 is 7.13. The van der Waals surface area contributed by atoms with Crippen LogP contribution in [0.3, 0.4) is 0 Å². The molecule has 1 saturated heterocycles. The molecule has 5 heteroatoms. The van der Waals surface area contributed by atoms with Gasteiger partial charge in [0, 0.05) is 25.9 Å². The molecule has 1 fully saturated rings. The second-order valence-corrected chi connectivity index (χ2v) is 3.88. The standard InChI is InChI=1S/C11H17N3O2/c1-2-14-10(5-6-13-14)11(15)12-8-9-4-3-7-16-9/h5-6,9H,2-4,7-8H2,1H3,(H,12,15). The van der Waals surface area contributed by atoms with E-state index in [-0.39, 0.29) is 12.0 Å². The van der Waals surface area contributed by atoms with Crippen molar-refractivity contribution in [2.24, 2.45) is 0 Å². The Kier molecular flexibility index (Phi) is 3.56. The summed E-state index contributed by atoms with van der Waals surface area (Å²) in [6.07, 6.45) is 3.95. The predicted molar refractivity (Wildman–Crippen MR) is 59.2 cm³/mol. The van der Waals surface area contributed by atoms with E-state index in [4.69, 9.17) is 4.74 Å². The predicted octanol–water partition coefficient (Wildman–Crippen LogP) is 0.812. The summed E-state index contributed by atoms with van der Waals surface area (Å²) in [5.41, 5.74) is 0.612. The van der Waals surface area contributed by atoms with Crippen molar-refractivity contribution >= 4 is 5.91 Å². The van der Waals surface area contributed by atoms with Gasteiger partial charge in [-0.1, -0.05) is 0 Å². The fourth-order valence-electron chi connectivity index (χ4n) is 1.88. The molecular formula is C11H17N3O2. The first-order valence-corrected chi connectivity index (χ1v) is 5.73. The molecule has 2 rings (SSSR count). The van der Waals surface area contributed by atoms with Gasteiger partial charge in [0.25, 0.3) is 5.91 Å². The number of amides is 1. The molecule has 1 unspecified atom stereocenters. The second-order valence-electron chi connectivity index (χ2n) is 3.88. The molecule has 1 aliphatic heterocycles. The van der Waals surface area contributed by atoms with E-state index >= 15 is 0 Å². The quantitative estimate of drug-likeness (QED) is 0.822. The molecule has 0 bridgehead atoms. The largest absolute Gasteiger partial charge is 0.376 e. The summed E-state index contributed by atoms with van der Waals surface area (Å²) in [6.45, 7) is 4.07. The average molecular weight is 223 g/mol. The van der Waals surface area contributed by atoms with Crippen molar-refractivity contribution in [2.45, 2.75) is 32.4 Å². The highest BCUT2D eigenvalue weighted by molar-refractivity contribution is 5.92. The fourth-order valence-corrected chi connectivity index (χ4v) is 1.88. The molecule has 0 radical (unpaired) electrons. The van der Waals surface area contributed by atoms with E-state index < -0.39 is 0 Å². The van der Waals surface area contributed by atoms with Crippen LogP contribution in [-0.2, 0) is 11.3 Å². The highest BCUT2D eigenvalue weighted by Crippen LogP contribution is 2.10. The van der Waals surface area contributed by atoms with Crippen LogP contribution in [0, 0.1) is 0 Å². The lowest BCUT2D eigenvalue weighted by Gasteiger charge is -2.11. The number of nitrogens with one attached hydrogen (secondary N) is 1. The Bertz CT molecular complexity index is 356. The minimum absolute atomic E-state index is 0.0742. The molecule has 1 aliphatic rings. The molecule has 1 aromatic rings. The summed E-state index contributed by atoms with van der Waals surface area (Å²) in [7, 11) is 0. The molecule has 0 aromatic carbocycles. The van der Waals surface area contributed by atoms with Crippen molar-refractivity contribution in [1.82, 2.24) is 15.1 Å². The fraction of sp³-hybridized carbons (Fsp3) is 0.636. The zero-order chi connectivity index (χ0) is 11.4. The molecule has 0 aliphatic carbocycles. The Balaban J connectivity index is 1.87. The van der Waals surface area contributed by atoms with Crippen molar-refractivity contribution < 1.29 is 9.53 Å². The van der Waals surface area contributed by atoms with Gasteiger partial charge in [-0.05, 0) is 25.8 Å². The lowest BCUT2D eigenvalue weighted by molar-refractivity contribution is 0.0849. The van der Waals surface area contributed by atoms with Crippen LogP contribution in [0.2, 0.25) is 0 Å². The Morgan fingerprint density at radius 2 is 2.62 bits per heavy atom. The first kappa shape index (κ1) is 11.1. The molecule has 1 atom stereocenters. The summed E-state index contributed by atoms with van der Waals surface area (Å²) in [5, 5.41) is 6.94. The molecule has 0 spiro atoms. The molecule has 1 N–H and O–H groups in total. The zero-order valence-corrected chi connectivity index (χ0v) is 9.48. The first-order chi connectivity index (χ1) is 7.81. The molecule has 1 amide bonds. The van der Waals surface area contributed by atoms with E-state index in [1.807, 2.05) is 6.92 Å². The van der Waals surface area contributed by atoms with Crippen LogP contribution >= 0.6 is 0 Å². The highest BCUT2D eigenvalue weighted by Gasteiger charge is 2.17. The number of aromatic nitrogens is 2. The number of ether oxygens (including phenoxy) is 1. The van der Waals surface area contributed by atoms with Crippen LogP contribution in [0.4, 0.5) is 0 Å². The van der Waals surface area contributed by atoms with E-state index in [9.17, 15) is 4.79 Å². The lowest BCUT2D eigenvalue weighted by Crippen LogP contribution is -2.33. The topological polar surface area (TPSA) is 56.2 Å². The van der Waals surface area contributed by atoms with E-state index in [0.29, 0.717) is 18.8 Å². The SMILES string of the molecule is CCn1nccc1C(=O)NCC1CCCO1. The summed E-state index contributed by atoms with van der Waals surface area (Å²) in [6, 6.07) is 1.73. The van der Waals surface area contributed by atoms with E-state index in [1.165, 1.54) is 0 Å². The van der Waals surface area contributed by atoms with Crippen LogP contribution in [0.1, 0.15) is 30.3 Å². The molecular weight excluding hydrogens is 206 g/mol. The summed E-state index contributed by atoms with van der Waals surface area (Å²) in [5.74, 6) is -0.0742. The number of carbonyl (C=O) groups is 1. The van der Waals surface area contributed by atoms with Crippen LogP contribution in [0.15, 0.2) is 12.3 Å². The third-order valence-electron chi connectivity index (χ3n) is 2.76. The van der Waals surface area contributed by atoms with Crippen molar-refractivity contribution in [3.8, 4) is 0 Å². The van der Waals surface area contributed by atoms with Crippen LogP contribution in [-0.4, -0.2) is 34.9 Å². The number of aryl methyl sites for hydroxylation is 1. The minimum atomic E-state index is -0.0742. The van der Waals surface area contributed by atoms with Gasteiger partial charge >= 0.3 is 0 Å². The third kappa shape index (κ3) is 2.41. The monoisotopic (exact) mass is 223 g/mol. The van der Waals surface area contributed by atoms with Gasteiger partial charge in [-0.15, -0.1) is 0 Å². The maximum Gasteiger partial charge on any atom is 0.269 e. The Morgan fingerprint density at radius 1 is 1.75 bits per heavy atom. The second kappa shape index (κ2) is 5.12. The van der Waals surface area contributed by atoms with Crippen LogP contribution in [0.25, 0.3) is 0 Å². The zero-order valence-electron chi connectivity index (χ0n) is 9.48. The number of hydrogen-bond acceptors (Lipinski definition) is 3. The Hall–Kier alpha value is -1.36. The lowest BCUT2D eigenvalue weighted by atomic mass is 10.2. The van der Waals surface area contributed by atoms with Gasteiger partial charge in [-0.2, -0.15) is 5.10 Å². The maximum atomic E-state index is 11.8. The minimum Gasteiger partial charge on any atom is -0.376 e. The van der Waals surface area contributed by atoms with Gasteiger partial charge in [0.05, 0.1) is 6.10 Å². The van der Waals surface area contributed by atoms with Gasteiger partial charge in [0.15, 0.2) is 0 Å². The van der Waals surface area contributed by atoms with Gasteiger partial charge in [0.1, 0.15) is 5.69 Å². The van der Waals surface area contributed by atoms with Gasteiger partial charge < -0.3 is 10.1 Å². The summed E-state index contributed by atoms with van der Waals surface area (Å²) >= 11 is 0. The maximum absolute atomic E-state index is 11.8. The van der Waals surface area contributed by atoms with Gasteiger partial charge in [0.2, 0.25) is 0 Å². The number of hydrogen-bond donors (Lipinski definition) is 1. The number of rotatable bonds is 4. The van der Waals surface area contributed by atoms with Crippen molar-refractivity contribution in [1.29, 1.82) is 0 Å². The van der Waals surface area contributed by atoms with Gasteiger partial charge in [-0.25, -0.2) is 0 Å². The normalized spacial score (nSPS) is 19.9. The van der Waals surface area contributed by atoms with Crippen molar-refractivity contribution in [3.63, 3.8) is 0 Å². The van der Waals surface area contributed by atoms with Crippen LogP contribution in [0.5, 0.6) is 0 Å². The third-order valence-corrected chi connectivity index (χ3v) is 2.76. The number of carbonyl (C=O) groups excluding carboxylic acids is 1.